The lowest BCUT2D eigenvalue weighted by molar-refractivity contribution is 0.943. The number of benzene rings is 1. The molecule has 4 heteroatoms. The van der Waals surface area contributed by atoms with Crippen LogP contribution in [-0.2, 0) is 12.8 Å². The summed E-state index contributed by atoms with van der Waals surface area (Å²) in [5.41, 5.74) is 2.31. The van der Waals surface area contributed by atoms with E-state index in [1.54, 1.807) is 6.07 Å². The second kappa shape index (κ2) is 5.83. The highest BCUT2D eigenvalue weighted by atomic mass is 35.5. The molecular weight excluding hydrogens is 246 g/mol. The third-order valence-electron chi connectivity index (χ3n) is 2.67. The molecular formula is C14H16ClN3. The van der Waals surface area contributed by atoms with Crippen LogP contribution in [0.25, 0.3) is 0 Å². The topological polar surface area (TPSA) is 37.8 Å². The standard InChI is InChI=1S/C14H16ClN3/c1-3-10-6-5-7-11(8-10)16-14-9-12(15)17-13(4-2)18-14/h5-9H,3-4H2,1-2H3,(H,16,17,18). The van der Waals surface area contributed by atoms with Gasteiger partial charge in [-0.05, 0) is 24.1 Å². The number of hydrogen-bond donors (Lipinski definition) is 1. The first-order valence-corrected chi connectivity index (χ1v) is 6.48. The van der Waals surface area contributed by atoms with Crippen LogP contribution in [0.1, 0.15) is 25.2 Å². The maximum atomic E-state index is 5.96. The van der Waals surface area contributed by atoms with Crippen molar-refractivity contribution in [2.45, 2.75) is 26.7 Å². The van der Waals surface area contributed by atoms with Crippen molar-refractivity contribution in [1.29, 1.82) is 0 Å². The zero-order chi connectivity index (χ0) is 13.0. The molecule has 0 aliphatic carbocycles. The molecule has 0 bridgehead atoms. The van der Waals surface area contributed by atoms with Crippen molar-refractivity contribution in [3.8, 4) is 0 Å². The van der Waals surface area contributed by atoms with Crippen molar-refractivity contribution < 1.29 is 0 Å². The third-order valence-corrected chi connectivity index (χ3v) is 2.86. The van der Waals surface area contributed by atoms with Crippen LogP contribution < -0.4 is 5.32 Å². The maximum absolute atomic E-state index is 5.96. The highest BCUT2D eigenvalue weighted by Crippen LogP contribution is 2.19. The van der Waals surface area contributed by atoms with Gasteiger partial charge in [0.05, 0.1) is 0 Å². The molecule has 0 saturated heterocycles. The Labute approximate surface area is 112 Å². The van der Waals surface area contributed by atoms with E-state index in [9.17, 15) is 0 Å². The summed E-state index contributed by atoms with van der Waals surface area (Å²) in [5.74, 6) is 1.48. The van der Waals surface area contributed by atoms with Crippen molar-refractivity contribution >= 4 is 23.1 Å². The summed E-state index contributed by atoms with van der Waals surface area (Å²) in [6.45, 7) is 4.14. The molecule has 3 nitrogen and oxygen atoms in total. The van der Waals surface area contributed by atoms with E-state index in [0.717, 1.165) is 30.2 Å². The lowest BCUT2D eigenvalue weighted by atomic mass is 10.1. The van der Waals surface area contributed by atoms with E-state index in [1.165, 1.54) is 5.56 Å². The van der Waals surface area contributed by atoms with E-state index in [4.69, 9.17) is 11.6 Å². The van der Waals surface area contributed by atoms with Gasteiger partial charge in [0, 0.05) is 18.2 Å². The zero-order valence-corrected chi connectivity index (χ0v) is 11.3. The van der Waals surface area contributed by atoms with Crippen molar-refractivity contribution in [2.75, 3.05) is 5.32 Å². The Balaban J connectivity index is 2.24. The smallest absolute Gasteiger partial charge is 0.135 e. The quantitative estimate of drug-likeness (QED) is 0.846. The normalized spacial score (nSPS) is 10.4. The largest absolute Gasteiger partial charge is 0.340 e. The number of halogens is 1. The van der Waals surface area contributed by atoms with Gasteiger partial charge in [0.15, 0.2) is 0 Å². The second-order valence-corrected chi connectivity index (χ2v) is 4.41. The van der Waals surface area contributed by atoms with Crippen LogP contribution in [0.3, 0.4) is 0 Å². The van der Waals surface area contributed by atoms with Crippen molar-refractivity contribution in [3.63, 3.8) is 0 Å². The first-order chi connectivity index (χ1) is 8.71. The Morgan fingerprint density at radius 1 is 1.11 bits per heavy atom. The van der Waals surface area contributed by atoms with E-state index in [1.807, 2.05) is 19.1 Å². The van der Waals surface area contributed by atoms with Crippen molar-refractivity contribution in [2.24, 2.45) is 0 Å². The predicted octanol–water partition coefficient (Wildman–Crippen LogP) is 4.00. The van der Waals surface area contributed by atoms with Crippen LogP contribution in [0.15, 0.2) is 30.3 Å². The van der Waals surface area contributed by atoms with Crippen LogP contribution in [0.2, 0.25) is 5.15 Å². The number of rotatable bonds is 4. The Bertz CT molecular complexity index is 540. The second-order valence-electron chi connectivity index (χ2n) is 4.02. The molecule has 0 saturated carbocycles. The minimum atomic E-state index is 0.469. The zero-order valence-electron chi connectivity index (χ0n) is 10.6. The number of nitrogens with one attached hydrogen (secondary N) is 1. The molecule has 18 heavy (non-hydrogen) atoms. The fourth-order valence-electron chi connectivity index (χ4n) is 1.70. The van der Waals surface area contributed by atoms with Gasteiger partial charge in [-0.15, -0.1) is 0 Å². The van der Waals surface area contributed by atoms with Gasteiger partial charge in [0.2, 0.25) is 0 Å². The lowest BCUT2D eigenvalue weighted by Gasteiger charge is -2.08. The van der Waals surface area contributed by atoms with Crippen LogP contribution in [0.5, 0.6) is 0 Å². The van der Waals surface area contributed by atoms with Crippen LogP contribution in [0.4, 0.5) is 11.5 Å². The first kappa shape index (κ1) is 12.8. The summed E-state index contributed by atoms with van der Waals surface area (Å²) in [4.78, 5) is 8.54. The van der Waals surface area contributed by atoms with Crippen LogP contribution >= 0.6 is 11.6 Å². The van der Waals surface area contributed by atoms with Gasteiger partial charge in [-0.1, -0.05) is 37.6 Å². The Kier molecular flexibility index (Phi) is 4.15. The predicted molar refractivity (Wildman–Crippen MR) is 75.5 cm³/mol. The molecule has 2 aromatic rings. The molecule has 1 heterocycles. The summed E-state index contributed by atoms with van der Waals surface area (Å²) in [6.07, 6.45) is 1.78. The third kappa shape index (κ3) is 3.20. The average molecular weight is 262 g/mol. The Morgan fingerprint density at radius 2 is 1.94 bits per heavy atom. The average Bonchev–Trinajstić information content (AvgIpc) is 2.38. The molecule has 0 aliphatic rings. The van der Waals surface area contributed by atoms with Gasteiger partial charge in [-0.3, -0.25) is 0 Å². The number of hydrogen-bond acceptors (Lipinski definition) is 3. The van der Waals surface area contributed by atoms with Gasteiger partial charge in [0.1, 0.15) is 16.8 Å². The maximum Gasteiger partial charge on any atom is 0.135 e. The lowest BCUT2D eigenvalue weighted by Crippen LogP contribution is -1.99. The molecule has 94 valence electrons. The summed E-state index contributed by atoms with van der Waals surface area (Å²) in [7, 11) is 0. The molecule has 0 aliphatic heterocycles. The molecule has 0 unspecified atom stereocenters. The van der Waals surface area contributed by atoms with Crippen LogP contribution in [-0.4, -0.2) is 9.97 Å². The fourth-order valence-corrected chi connectivity index (χ4v) is 1.90. The molecule has 0 atom stereocenters. The number of aromatic nitrogens is 2. The SMILES string of the molecule is CCc1cccc(Nc2cc(Cl)nc(CC)n2)c1. The highest BCUT2D eigenvalue weighted by molar-refractivity contribution is 6.29. The highest BCUT2D eigenvalue weighted by Gasteiger charge is 2.02. The Morgan fingerprint density at radius 3 is 2.67 bits per heavy atom. The van der Waals surface area contributed by atoms with Crippen LogP contribution in [0, 0.1) is 0 Å². The van der Waals surface area contributed by atoms with E-state index in [2.05, 4.69) is 34.3 Å². The fraction of sp³-hybridized carbons (Fsp3) is 0.286. The summed E-state index contributed by atoms with van der Waals surface area (Å²) in [5, 5.41) is 3.73. The molecule has 1 aromatic carbocycles. The monoisotopic (exact) mass is 261 g/mol. The molecule has 0 spiro atoms. The van der Waals surface area contributed by atoms with E-state index in [0.29, 0.717) is 5.15 Å². The van der Waals surface area contributed by atoms with Gasteiger partial charge < -0.3 is 5.32 Å². The number of anilines is 2. The number of aryl methyl sites for hydroxylation is 2. The van der Waals surface area contributed by atoms with Crippen molar-refractivity contribution in [3.05, 3.63) is 46.9 Å². The minimum absolute atomic E-state index is 0.469. The van der Waals surface area contributed by atoms with Crippen molar-refractivity contribution in [1.82, 2.24) is 9.97 Å². The first-order valence-electron chi connectivity index (χ1n) is 6.10. The number of nitrogens with zero attached hydrogens (tertiary/aromatic N) is 2. The van der Waals surface area contributed by atoms with Gasteiger partial charge in [-0.2, -0.15) is 0 Å². The van der Waals surface area contributed by atoms with E-state index in [-0.39, 0.29) is 0 Å². The molecule has 2 rings (SSSR count). The van der Waals surface area contributed by atoms with Gasteiger partial charge in [0.25, 0.3) is 0 Å². The molecule has 1 aromatic heterocycles. The minimum Gasteiger partial charge on any atom is -0.340 e. The molecule has 0 radical (unpaired) electrons. The van der Waals surface area contributed by atoms with E-state index >= 15 is 0 Å². The molecule has 0 fully saturated rings. The Hall–Kier alpha value is -1.61. The molecule has 1 N–H and O–H groups in total. The van der Waals surface area contributed by atoms with Gasteiger partial charge in [-0.25, -0.2) is 9.97 Å². The summed E-state index contributed by atoms with van der Waals surface area (Å²) < 4.78 is 0. The van der Waals surface area contributed by atoms with Gasteiger partial charge >= 0.3 is 0 Å². The summed E-state index contributed by atoms with van der Waals surface area (Å²) >= 11 is 5.96. The molecule has 0 amide bonds. The summed E-state index contributed by atoms with van der Waals surface area (Å²) in [6, 6.07) is 10.0. The van der Waals surface area contributed by atoms with E-state index < -0.39 is 0 Å².